The first-order valence-corrected chi connectivity index (χ1v) is 7.90. The third-order valence-corrected chi connectivity index (χ3v) is 3.72. The van der Waals surface area contributed by atoms with Gasteiger partial charge in [0.1, 0.15) is 12.7 Å². The van der Waals surface area contributed by atoms with Gasteiger partial charge in [-0.15, -0.1) is 0 Å². The largest absolute Gasteiger partial charge is 0.445 e. The predicted molar refractivity (Wildman–Crippen MR) is 89.1 cm³/mol. The summed E-state index contributed by atoms with van der Waals surface area (Å²) in [6.07, 6.45) is -1.64. The van der Waals surface area contributed by atoms with E-state index in [0.29, 0.717) is 11.1 Å². The van der Waals surface area contributed by atoms with E-state index in [1.165, 1.54) is 12.3 Å². The first kappa shape index (κ1) is 18.8. The Kier molecular flexibility index (Phi) is 6.85. The van der Waals surface area contributed by atoms with Gasteiger partial charge in [0.15, 0.2) is 0 Å². The molecule has 0 saturated carbocycles. The molecule has 0 spiro atoms. The lowest BCUT2D eigenvalue weighted by Gasteiger charge is -2.19. The highest BCUT2D eigenvalue weighted by atomic mass is 19.1. The van der Waals surface area contributed by atoms with E-state index < -0.39 is 24.2 Å². The molecule has 2 aromatic rings. The zero-order chi connectivity index (χ0) is 18.2. The average molecular weight is 348 g/mol. The molecule has 2 atom stereocenters. The van der Waals surface area contributed by atoms with Gasteiger partial charge in [-0.25, -0.2) is 9.78 Å². The van der Waals surface area contributed by atoms with E-state index in [1.807, 2.05) is 30.3 Å². The molecule has 1 heterocycles. The monoisotopic (exact) mass is 348 g/mol. The number of aryl methyl sites for hydroxylation is 1. The molecule has 0 radical (unpaired) electrons. The van der Waals surface area contributed by atoms with Crippen LogP contribution in [0.4, 0.5) is 9.18 Å². The van der Waals surface area contributed by atoms with Gasteiger partial charge in [-0.2, -0.15) is 4.39 Å². The normalized spacial score (nSPS) is 13.1. The molecule has 1 amide bonds. The summed E-state index contributed by atoms with van der Waals surface area (Å²) in [6, 6.07) is 10.4. The second-order valence-electron chi connectivity index (χ2n) is 5.65. The summed E-state index contributed by atoms with van der Waals surface area (Å²) in [5.41, 5.74) is 1.71. The number of hydrogen-bond donors (Lipinski definition) is 3. The number of aliphatic hydroxyl groups excluding tert-OH is 2. The van der Waals surface area contributed by atoms with Gasteiger partial charge in [0, 0.05) is 18.3 Å². The molecule has 0 saturated heterocycles. The molecular weight excluding hydrogens is 327 g/mol. The van der Waals surface area contributed by atoms with Crippen molar-refractivity contribution in [2.75, 3.05) is 6.54 Å². The van der Waals surface area contributed by atoms with Crippen molar-refractivity contribution in [1.82, 2.24) is 10.3 Å². The van der Waals surface area contributed by atoms with Crippen LogP contribution in [0.25, 0.3) is 0 Å². The molecule has 1 aromatic carbocycles. The predicted octanol–water partition coefficient (Wildman–Crippen LogP) is 2.24. The summed E-state index contributed by atoms with van der Waals surface area (Å²) in [7, 11) is 0. The van der Waals surface area contributed by atoms with Crippen LogP contribution in [0.2, 0.25) is 0 Å². The summed E-state index contributed by atoms with van der Waals surface area (Å²) in [5, 5.41) is 22.6. The van der Waals surface area contributed by atoms with Crippen molar-refractivity contribution < 1.29 is 24.1 Å². The van der Waals surface area contributed by atoms with Crippen LogP contribution in [-0.4, -0.2) is 33.9 Å². The second kappa shape index (κ2) is 9.10. The van der Waals surface area contributed by atoms with Gasteiger partial charge in [0.05, 0.1) is 6.10 Å². The van der Waals surface area contributed by atoms with Crippen molar-refractivity contribution in [2.45, 2.75) is 32.2 Å². The number of hydrogen-bond acceptors (Lipinski definition) is 5. The molecule has 134 valence electrons. The number of halogens is 1. The first-order valence-electron chi connectivity index (χ1n) is 7.90. The zero-order valence-corrected chi connectivity index (χ0v) is 13.9. The number of pyridine rings is 1. The lowest BCUT2D eigenvalue weighted by Crippen LogP contribution is -2.30. The number of carbonyl (C=O) groups excluding carboxylic acids is 1. The first-order chi connectivity index (χ1) is 12.0. The Morgan fingerprint density at radius 1 is 1.32 bits per heavy atom. The van der Waals surface area contributed by atoms with E-state index in [0.717, 1.165) is 5.56 Å². The topological polar surface area (TPSA) is 91.7 Å². The number of rotatable bonds is 7. The van der Waals surface area contributed by atoms with Crippen LogP contribution in [0.15, 0.2) is 42.6 Å². The van der Waals surface area contributed by atoms with Crippen molar-refractivity contribution in [2.24, 2.45) is 0 Å². The fraction of sp³-hybridized carbons (Fsp3) is 0.333. The van der Waals surface area contributed by atoms with Crippen molar-refractivity contribution >= 4 is 6.09 Å². The van der Waals surface area contributed by atoms with E-state index in [9.17, 15) is 19.4 Å². The van der Waals surface area contributed by atoms with E-state index in [-0.39, 0.29) is 19.6 Å². The Bertz CT molecular complexity index is 697. The lowest BCUT2D eigenvalue weighted by atomic mass is 10.00. The molecule has 2 rings (SSSR count). The smallest absolute Gasteiger partial charge is 0.407 e. The van der Waals surface area contributed by atoms with Gasteiger partial charge < -0.3 is 20.3 Å². The molecule has 0 aliphatic heterocycles. The van der Waals surface area contributed by atoms with Crippen molar-refractivity contribution in [3.8, 4) is 0 Å². The van der Waals surface area contributed by atoms with Crippen molar-refractivity contribution in [1.29, 1.82) is 0 Å². The molecule has 25 heavy (non-hydrogen) atoms. The number of aliphatic hydroxyl groups is 2. The molecule has 1 aromatic heterocycles. The van der Waals surface area contributed by atoms with Gasteiger partial charge >= 0.3 is 6.09 Å². The maximum absolute atomic E-state index is 13.0. The Balaban J connectivity index is 1.74. The quantitative estimate of drug-likeness (QED) is 0.668. The molecular formula is C18H21FN2O4. The minimum atomic E-state index is -1.21. The highest BCUT2D eigenvalue weighted by Crippen LogP contribution is 2.21. The molecule has 0 fully saturated rings. The zero-order valence-electron chi connectivity index (χ0n) is 13.9. The number of benzene rings is 1. The van der Waals surface area contributed by atoms with E-state index in [2.05, 4.69) is 10.3 Å². The van der Waals surface area contributed by atoms with Crippen LogP contribution in [0, 0.1) is 12.9 Å². The number of nitrogens with one attached hydrogen (secondary N) is 1. The third-order valence-electron chi connectivity index (χ3n) is 3.72. The Morgan fingerprint density at radius 3 is 2.72 bits per heavy atom. The number of nitrogens with zero attached hydrogens (tertiary/aromatic N) is 1. The molecule has 0 bridgehead atoms. The second-order valence-corrected chi connectivity index (χ2v) is 5.65. The Hall–Kier alpha value is -2.51. The number of aromatic nitrogens is 1. The maximum atomic E-state index is 13.0. The number of carbonyl (C=O) groups is 1. The Labute approximate surface area is 145 Å². The van der Waals surface area contributed by atoms with Gasteiger partial charge in [-0.05, 0) is 30.5 Å². The van der Waals surface area contributed by atoms with Crippen LogP contribution < -0.4 is 5.32 Å². The molecule has 7 heteroatoms. The molecule has 3 N–H and O–H groups in total. The summed E-state index contributed by atoms with van der Waals surface area (Å²) in [4.78, 5) is 15.1. The SMILES string of the molecule is Cc1cc(F)ncc1C(O)C(O)CCNC(=O)OCc1ccccc1. The fourth-order valence-corrected chi connectivity index (χ4v) is 2.30. The lowest BCUT2D eigenvalue weighted by molar-refractivity contribution is 0.0130. The number of alkyl carbamates (subject to hydrolysis) is 1. The van der Waals surface area contributed by atoms with E-state index in [4.69, 9.17) is 4.74 Å². The summed E-state index contributed by atoms with van der Waals surface area (Å²) >= 11 is 0. The van der Waals surface area contributed by atoms with E-state index in [1.54, 1.807) is 6.92 Å². The maximum Gasteiger partial charge on any atom is 0.407 e. The van der Waals surface area contributed by atoms with Crippen LogP contribution in [0.1, 0.15) is 29.2 Å². The molecule has 6 nitrogen and oxygen atoms in total. The molecule has 2 unspecified atom stereocenters. The van der Waals surface area contributed by atoms with Crippen LogP contribution in [-0.2, 0) is 11.3 Å². The Morgan fingerprint density at radius 2 is 2.04 bits per heavy atom. The molecule has 0 aliphatic rings. The van der Waals surface area contributed by atoms with Gasteiger partial charge in [0.2, 0.25) is 5.95 Å². The van der Waals surface area contributed by atoms with Crippen LogP contribution in [0.5, 0.6) is 0 Å². The van der Waals surface area contributed by atoms with Crippen molar-refractivity contribution in [3.05, 3.63) is 65.2 Å². The van der Waals surface area contributed by atoms with Crippen molar-refractivity contribution in [3.63, 3.8) is 0 Å². The third kappa shape index (κ3) is 5.81. The average Bonchev–Trinajstić information content (AvgIpc) is 2.60. The van der Waals surface area contributed by atoms with E-state index >= 15 is 0 Å². The summed E-state index contributed by atoms with van der Waals surface area (Å²) in [5.74, 6) is -0.647. The minimum Gasteiger partial charge on any atom is -0.445 e. The number of ether oxygens (including phenoxy) is 1. The van der Waals surface area contributed by atoms with Gasteiger partial charge in [-0.1, -0.05) is 30.3 Å². The van der Waals surface area contributed by atoms with Gasteiger partial charge in [-0.3, -0.25) is 0 Å². The fourth-order valence-electron chi connectivity index (χ4n) is 2.30. The highest BCUT2D eigenvalue weighted by Gasteiger charge is 2.21. The minimum absolute atomic E-state index is 0.110. The summed E-state index contributed by atoms with van der Waals surface area (Å²) in [6.45, 7) is 1.90. The summed E-state index contributed by atoms with van der Waals surface area (Å²) < 4.78 is 18.0. The molecule has 0 aliphatic carbocycles. The van der Waals surface area contributed by atoms with Crippen LogP contribution in [0.3, 0.4) is 0 Å². The van der Waals surface area contributed by atoms with Crippen LogP contribution >= 0.6 is 0 Å². The highest BCUT2D eigenvalue weighted by molar-refractivity contribution is 5.67. The standard InChI is InChI=1S/C18H21FN2O4/c1-12-9-16(19)21-10-14(12)17(23)15(22)7-8-20-18(24)25-11-13-5-3-2-4-6-13/h2-6,9-10,15,17,22-23H,7-8,11H2,1H3,(H,20,24). The van der Waals surface area contributed by atoms with Gasteiger partial charge in [0.25, 0.3) is 0 Å². The number of amides is 1.